The number of hydrogen-bond acceptors (Lipinski definition) is 2. The van der Waals surface area contributed by atoms with Gasteiger partial charge in [-0.1, -0.05) is 11.6 Å². The lowest BCUT2D eigenvalue weighted by Crippen LogP contribution is -1.88. The van der Waals surface area contributed by atoms with Crippen LogP contribution in [0.4, 0.5) is 4.39 Å². The standard InChI is InChI=1S/C10H4ClFN2/c11-7-1-2-9-8(4-7)6(5-13)3-10(12)14-9/h1-4H. The van der Waals surface area contributed by atoms with E-state index < -0.39 is 5.95 Å². The summed E-state index contributed by atoms with van der Waals surface area (Å²) < 4.78 is 12.9. The molecule has 0 N–H and O–H groups in total. The Hall–Kier alpha value is -1.66. The van der Waals surface area contributed by atoms with Gasteiger partial charge in [-0.25, -0.2) is 4.98 Å². The number of rotatable bonds is 0. The maximum absolute atomic E-state index is 12.9. The second-order valence-electron chi connectivity index (χ2n) is 2.77. The van der Waals surface area contributed by atoms with E-state index in [-0.39, 0.29) is 5.56 Å². The molecule has 0 radical (unpaired) electrons. The highest BCUT2D eigenvalue weighted by molar-refractivity contribution is 6.31. The monoisotopic (exact) mass is 206 g/mol. The summed E-state index contributed by atoms with van der Waals surface area (Å²) in [4.78, 5) is 3.65. The molecule has 1 aromatic carbocycles. The molecule has 14 heavy (non-hydrogen) atoms. The Morgan fingerprint density at radius 3 is 2.86 bits per heavy atom. The van der Waals surface area contributed by atoms with Crippen LogP contribution in [0.2, 0.25) is 5.02 Å². The lowest BCUT2D eigenvalue weighted by molar-refractivity contribution is 0.588. The molecule has 2 nitrogen and oxygen atoms in total. The van der Waals surface area contributed by atoms with Crippen LogP contribution in [0.1, 0.15) is 5.56 Å². The van der Waals surface area contributed by atoms with Crippen LogP contribution in [0.5, 0.6) is 0 Å². The van der Waals surface area contributed by atoms with Crippen molar-refractivity contribution in [1.82, 2.24) is 4.98 Å². The summed E-state index contributed by atoms with van der Waals surface area (Å²) in [6, 6.07) is 7.79. The number of hydrogen-bond donors (Lipinski definition) is 0. The average Bonchev–Trinajstić information content (AvgIpc) is 2.17. The number of nitrogens with zero attached hydrogens (tertiary/aromatic N) is 2. The Balaban J connectivity index is 2.90. The molecule has 0 saturated heterocycles. The third kappa shape index (κ3) is 1.40. The molecular formula is C10H4ClFN2. The van der Waals surface area contributed by atoms with Crippen LogP contribution in [0.3, 0.4) is 0 Å². The van der Waals surface area contributed by atoms with E-state index in [9.17, 15) is 4.39 Å². The molecule has 0 aliphatic carbocycles. The van der Waals surface area contributed by atoms with E-state index in [0.717, 1.165) is 6.07 Å². The zero-order valence-electron chi connectivity index (χ0n) is 6.96. The number of halogens is 2. The van der Waals surface area contributed by atoms with Gasteiger partial charge in [-0.05, 0) is 18.2 Å². The first-order chi connectivity index (χ1) is 6.70. The third-order valence-corrected chi connectivity index (χ3v) is 2.10. The fourth-order valence-electron chi connectivity index (χ4n) is 1.26. The highest BCUT2D eigenvalue weighted by atomic mass is 35.5. The summed E-state index contributed by atoms with van der Waals surface area (Å²) in [5, 5.41) is 9.84. The molecule has 0 spiro atoms. The van der Waals surface area contributed by atoms with Crippen molar-refractivity contribution in [2.24, 2.45) is 0 Å². The molecule has 0 aliphatic rings. The van der Waals surface area contributed by atoms with E-state index in [1.807, 2.05) is 6.07 Å². The Labute approximate surface area is 84.6 Å². The van der Waals surface area contributed by atoms with Crippen molar-refractivity contribution in [3.8, 4) is 6.07 Å². The largest absolute Gasteiger partial charge is 0.220 e. The lowest BCUT2D eigenvalue weighted by atomic mass is 10.1. The van der Waals surface area contributed by atoms with Gasteiger partial charge in [-0.2, -0.15) is 9.65 Å². The smallest absolute Gasteiger partial charge is 0.214 e. The summed E-state index contributed by atoms with van der Waals surface area (Å²) in [6.07, 6.45) is 0. The van der Waals surface area contributed by atoms with Gasteiger partial charge in [0.2, 0.25) is 5.95 Å². The van der Waals surface area contributed by atoms with E-state index in [0.29, 0.717) is 15.9 Å². The van der Waals surface area contributed by atoms with Gasteiger partial charge in [0, 0.05) is 16.5 Å². The first-order valence-electron chi connectivity index (χ1n) is 3.86. The summed E-state index contributed by atoms with van der Waals surface area (Å²) in [6.45, 7) is 0. The lowest BCUT2D eigenvalue weighted by Gasteiger charge is -1.99. The second kappa shape index (κ2) is 3.24. The van der Waals surface area contributed by atoms with Gasteiger partial charge in [0.1, 0.15) is 0 Å². The van der Waals surface area contributed by atoms with E-state index in [2.05, 4.69) is 4.98 Å². The summed E-state index contributed by atoms with van der Waals surface area (Å²) in [5.41, 5.74) is 0.681. The molecule has 1 heterocycles. The van der Waals surface area contributed by atoms with Gasteiger partial charge >= 0.3 is 0 Å². The fraction of sp³-hybridized carbons (Fsp3) is 0. The number of fused-ring (bicyclic) bond motifs is 1. The maximum Gasteiger partial charge on any atom is 0.214 e. The van der Waals surface area contributed by atoms with Crippen LogP contribution in [-0.2, 0) is 0 Å². The molecule has 2 rings (SSSR count). The Kier molecular flexibility index (Phi) is 2.06. The molecule has 0 amide bonds. The van der Waals surface area contributed by atoms with Crippen molar-refractivity contribution in [1.29, 1.82) is 5.26 Å². The Bertz CT molecular complexity index is 546. The van der Waals surface area contributed by atoms with Gasteiger partial charge in [-0.3, -0.25) is 0 Å². The van der Waals surface area contributed by atoms with Crippen LogP contribution in [0, 0.1) is 17.3 Å². The molecule has 0 fully saturated rings. The van der Waals surface area contributed by atoms with Gasteiger partial charge in [-0.15, -0.1) is 0 Å². The number of pyridine rings is 1. The minimum atomic E-state index is -0.656. The second-order valence-corrected chi connectivity index (χ2v) is 3.20. The molecule has 0 unspecified atom stereocenters. The minimum Gasteiger partial charge on any atom is -0.220 e. The molecule has 68 valence electrons. The van der Waals surface area contributed by atoms with Crippen molar-refractivity contribution >= 4 is 22.5 Å². The Morgan fingerprint density at radius 1 is 1.36 bits per heavy atom. The van der Waals surface area contributed by atoms with Crippen molar-refractivity contribution < 1.29 is 4.39 Å². The average molecular weight is 207 g/mol. The predicted molar refractivity (Wildman–Crippen MR) is 51.4 cm³/mol. The molecule has 2 aromatic rings. The van der Waals surface area contributed by atoms with Gasteiger partial charge in [0.05, 0.1) is 17.1 Å². The minimum absolute atomic E-state index is 0.245. The normalized spacial score (nSPS) is 10.1. The zero-order chi connectivity index (χ0) is 10.1. The Morgan fingerprint density at radius 2 is 2.14 bits per heavy atom. The number of benzene rings is 1. The van der Waals surface area contributed by atoms with Crippen molar-refractivity contribution in [3.05, 3.63) is 40.8 Å². The quantitative estimate of drug-likeness (QED) is 0.622. The highest BCUT2D eigenvalue weighted by Gasteiger charge is 2.05. The number of nitriles is 1. The van der Waals surface area contributed by atoms with Crippen LogP contribution in [0.15, 0.2) is 24.3 Å². The summed E-state index contributed by atoms with van der Waals surface area (Å²) >= 11 is 5.76. The van der Waals surface area contributed by atoms with Crippen LogP contribution in [-0.4, -0.2) is 4.98 Å². The van der Waals surface area contributed by atoms with Crippen LogP contribution < -0.4 is 0 Å². The van der Waals surface area contributed by atoms with Gasteiger partial charge in [0.15, 0.2) is 0 Å². The van der Waals surface area contributed by atoms with Crippen LogP contribution >= 0.6 is 11.6 Å². The topological polar surface area (TPSA) is 36.7 Å². The summed E-state index contributed by atoms with van der Waals surface area (Å²) in [7, 11) is 0. The zero-order valence-corrected chi connectivity index (χ0v) is 7.72. The summed E-state index contributed by atoms with van der Waals surface area (Å²) in [5.74, 6) is -0.656. The molecule has 4 heteroatoms. The first-order valence-corrected chi connectivity index (χ1v) is 4.24. The molecule has 1 aromatic heterocycles. The maximum atomic E-state index is 12.9. The SMILES string of the molecule is N#Cc1cc(F)nc2ccc(Cl)cc12. The first kappa shape index (κ1) is 8.92. The number of aromatic nitrogens is 1. The molecular weight excluding hydrogens is 203 g/mol. The van der Waals surface area contributed by atoms with E-state index >= 15 is 0 Å². The van der Waals surface area contributed by atoms with Crippen molar-refractivity contribution in [2.45, 2.75) is 0 Å². The third-order valence-electron chi connectivity index (χ3n) is 1.86. The molecule has 0 bridgehead atoms. The van der Waals surface area contributed by atoms with Crippen molar-refractivity contribution in [2.75, 3.05) is 0 Å². The van der Waals surface area contributed by atoms with E-state index in [4.69, 9.17) is 16.9 Å². The molecule has 0 atom stereocenters. The van der Waals surface area contributed by atoms with Gasteiger partial charge < -0.3 is 0 Å². The van der Waals surface area contributed by atoms with Crippen molar-refractivity contribution in [3.63, 3.8) is 0 Å². The van der Waals surface area contributed by atoms with Gasteiger partial charge in [0.25, 0.3) is 0 Å². The molecule has 0 aliphatic heterocycles. The van der Waals surface area contributed by atoms with E-state index in [1.54, 1.807) is 18.2 Å². The van der Waals surface area contributed by atoms with E-state index in [1.165, 1.54) is 0 Å². The molecule has 0 saturated carbocycles. The fourth-order valence-corrected chi connectivity index (χ4v) is 1.43. The van der Waals surface area contributed by atoms with Crippen LogP contribution in [0.25, 0.3) is 10.9 Å². The highest BCUT2D eigenvalue weighted by Crippen LogP contribution is 2.21. The predicted octanol–water partition coefficient (Wildman–Crippen LogP) is 2.90.